The van der Waals surface area contributed by atoms with Crippen molar-refractivity contribution in [3.8, 4) is 0 Å². The van der Waals surface area contributed by atoms with Gasteiger partial charge in [0.2, 0.25) is 0 Å². The Bertz CT molecular complexity index is 520. The summed E-state index contributed by atoms with van der Waals surface area (Å²) >= 11 is 5.72. The molecule has 17 heavy (non-hydrogen) atoms. The predicted octanol–water partition coefficient (Wildman–Crippen LogP) is 5.47. The Labute approximate surface area is 116 Å². The lowest BCUT2D eigenvalue weighted by atomic mass is 10.0. The van der Waals surface area contributed by atoms with Gasteiger partial charge in [-0.05, 0) is 44.9 Å². The van der Waals surface area contributed by atoms with E-state index in [1.165, 1.54) is 32.0 Å². The third kappa shape index (κ3) is 2.80. The van der Waals surface area contributed by atoms with Gasteiger partial charge in [0.1, 0.15) is 0 Å². The second-order valence-electron chi connectivity index (χ2n) is 4.69. The maximum atomic E-state index is 3.84. The average Bonchev–Trinajstić information content (AvgIpc) is 2.55. The number of thiophene rings is 1. The summed E-state index contributed by atoms with van der Waals surface area (Å²) in [5, 5.41) is 0. The van der Waals surface area contributed by atoms with Gasteiger partial charge in [0.15, 0.2) is 0 Å². The minimum Gasteiger partial charge on any atom is -0.144 e. The molecule has 0 saturated carbocycles. The predicted molar refractivity (Wildman–Crippen MR) is 80.5 cm³/mol. The standard InChI is InChI=1S/C15H17BrS/c1-9-5-10(2)7-13(6-9)14(16)15-11(3)8-12(4)17-15/h5-8,14H,1-4H3. The van der Waals surface area contributed by atoms with E-state index in [-0.39, 0.29) is 0 Å². The first-order valence-electron chi connectivity index (χ1n) is 5.76. The Morgan fingerprint density at radius 1 is 0.941 bits per heavy atom. The third-order valence-corrected chi connectivity index (χ3v) is 5.35. The van der Waals surface area contributed by atoms with Crippen LogP contribution < -0.4 is 0 Å². The molecule has 0 nitrogen and oxygen atoms in total. The molecule has 0 spiro atoms. The van der Waals surface area contributed by atoms with Crippen LogP contribution >= 0.6 is 27.3 Å². The zero-order valence-corrected chi connectivity index (χ0v) is 13.1. The second-order valence-corrected chi connectivity index (χ2v) is 6.89. The lowest BCUT2D eigenvalue weighted by Crippen LogP contribution is -1.93. The molecule has 1 unspecified atom stereocenters. The van der Waals surface area contributed by atoms with Crippen molar-refractivity contribution in [3.63, 3.8) is 0 Å². The SMILES string of the molecule is Cc1cc(C)cc(C(Br)c2sc(C)cc2C)c1. The minimum absolute atomic E-state index is 0.319. The van der Waals surface area contributed by atoms with Gasteiger partial charge in [0.25, 0.3) is 0 Å². The van der Waals surface area contributed by atoms with E-state index in [0.717, 1.165) is 0 Å². The van der Waals surface area contributed by atoms with Crippen molar-refractivity contribution in [2.75, 3.05) is 0 Å². The highest BCUT2D eigenvalue weighted by Gasteiger charge is 2.15. The topological polar surface area (TPSA) is 0 Å². The highest BCUT2D eigenvalue weighted by Crippen LogP contribution is 2.38. The van der Waals surface area contributed by atoms with Crippen molar-refractivity contribution in [1.82, 2.24) is 0 Å². The van der Waals surface area contributed by atoms with Crippen LogP contribution in [0.4, 0.5) is 0 Å². The maximum absolute atomic E-state index is 3.84. The zero-order chi connectivity index (χ0) is 12.6. The quantitative estimate of drug-likeness (QED) is 0.646. The molecule has 0 bridgehead atoms. The number of rotatable bonds is 2. The first-order chi connectivity index (χ1) is 7.97. The molecule has 0 amide bonds. The molecule has 0 fully saturated rings. The highest BCUT2D eigenvalue weighted by molar-refractivity contribution is 9.09. The molecular weight excluding hydrogens is 292 g/mol. The first kappa shape index (κ1) is 12.8. The van der Waals surface area contributed by atoms with E-state index in [9.17, 15) is 0 Å². The van der Waals surface area contributed by atoms with Crippen molar-refractivity contribution in [2.45, 2.75) is 32.5 Å². The van der Waals surface area contributed by atoms with Crippen LogP contribution in [0.15, 0.2) is 24.3 Å². The lowest BCUT2D eigenvalue weighted by Gasteiger charge is -2.12. The lowest BCUT2D eigenvalue weighted by molar-refractivity contribution is 1.17. The smallest absolute Gasteiger partial charge is 0.0741 e. The van der Waals surface area contributed by atoms with Crippen LogP contribution in [0.2, 0.25) is 0 Å². The second kappa shape index (κ2) is 4.95. The molecule has 0 saturated heterocycles. The van der Waals surface area contributed by atoms with Gasteiger partial charge >= 0.3 is 0 Å². The van der Waals surface area contributed by atoms with Gasteiger partial charge in [-0.2, -0.15) is 0 Å². The van der Waals surface area contributed by atoms with Gasteiger partial charge in [0.05, 0.1) is 4.83 Å². The Balaban J connectivity index is 2.43. The van der Waals surface area contributed by atoms with E-state index < -0.39 is 0 Å². The summed E-state index contributed by atoms with van der Waals surface area (Å²) in [6, 6.07) is 9.01. The van der Waals surface area contributed by atoms with Crippen molar-refractivity contribution in [1.29, 1.82) is 0 Å². The Morgan fingerprint density at radius 3 is 2.00 bits per heavy atom. The molecule has 0 N–H and O–H groups in total. The van der Waals surface area contributed by atoms with E-state index >= 15 is 0 Å². The molecule has 1 atom stereocenters. The molecule has 0 aliphatic rings. The monoisotopic (exact) mass is 308 g/mol. The Kier molecular flexibility index (Phi) is 3.74. The van der Waals surface area contributed by atoms with E-state index in [1.807, 2.05) is 11.3 Å². The molecule has 0 aliphatic carbocycles. The number of halogens is 1. The summed E-state index contributed by atoms with van der Waals surface area (Å²) in [6.07, 6.45) is 0. The van der Waals surface area contributed by atoms with E-state index in [4.69, 9.17) is 0 Å². The van der Waals surface area contributed by atoms with Gasteiger partial charge in [-0.3, -0.25) is 0 Å². The first-order valence-corrected chi connectivity index (χ1v) is 7.50. The molecule has 0 aliphatic heterocycles. The van der Waals surface area contributed by atoms with Crippen LogP contribution in [0.1, 0.15) is 36.8 Å². The molecule has 0 radical (unpaired) electrons. The summed E-state index contributed by atoms with van der Waals surface area (Å²) in [4.78, 5) is 3.12. The van der Waals surface area contributed by atoms with Crippen LogP contribution in [0.5, 0.6) is 0 Å². The Morgan fingerprint density at radius 2 is 1.53 bits per heavy atom. The molecule has 2 heteroatoms. The molecule has 1 aromatic heterocycles. The number of hydrogen-bond acceptors (Lipinski definition) is 1. The molecule has 2 aromatic rings. The number of benzene rings is 1. The number of alkyl halides is 1. The summed E-state index contributed by atoms with van der Waals surface area (Å²) < 4.78 is 0. The van der Waals surface area contributed by atoms with E-state index in [1.54, 1.807) is 0 Å². The maximum Gasteiger partial charge on any atom is 0.0741 e. The number of hydrogen-bond donors (Lipinski definition) is 0. The Hall–Kier alpha value is -0.600. The summed E-state index contributed by atoms with van der Waals surface area (Å²) in [5.41, 5.74) is 5.40. The highest BCUT2D eigenvalue weighted by atomic mass is 79.9. The van der Waals surface area contributed by atoms with Crippen LogP contribution in [-0.4, -0.2) is 0 Å². The minimum atomic E-state index is 0.319. The fourth-order valence-corrected chi connectivity index (χ4v) is 4.17. The molecule has 1 heterocycles. The van der Waals surface area contributed by atoms with Crippen LogP contribution in [0.25, 0.3) is 0 Å². The van der Waals surface area contributed by atoms with E-state index in [0.29, 0.717) is 4.83 Å². The average molecular weight is 309 g/mol. The molecule has 90 valence electrons. The van der Waals surface area contributed by atoms with Gasteiger partial charge < -0.3 is 0 Å². The van der Waals surface area contributed by atoms with Crippen LogP contribution in [-0.2, 0) is 0 Å². The summed E-state index contributed by atoms with van der Waals surface area (Å²) in [7, 11) is 0. The summed E-state index contributed by atoms with van der Waals surface area (Å²) in [5.74, 6) is 0. The largest absolute Gasteiger partial charge is 0.144 e. The van der Waals surface area contributed by atoms with Gasteiger partial charge in [-0.25, -0.2) is 0 Å². The van der Waals surface area contributed by atoms with Gasteiger partial charge in [-0.1, -0.05) is 45.3 Å². The van der Waals surface area contributed by atoms with E-state index in [2.05, 4.69) is 67.9 Å². The summed E-state index contributed by atoms with van der Waals surface area (Å²) in [6.45, 7) is 8.67. The zero-order valence-electron chi connectivity index (χ0n) is 10.7. The fourth-order valence-electron chi connectivity index (χ4n) is 2.22. The van der Waals surface area contributed by atoms with Crippen LogP contribution in [0.3, 0.4) is 0 Å². The van der Waals surface area contributed by atoms with Gasteiger partial charge in [0, 0.05) is 9.75 Å². The van der Waals surface area contributed by atoms with Crippen molar-refractivity contribution < 1.29 is 0 Å². The normalized spacial score (nSPS) is 12.8. The molecular formula is C15H17BrS. The van der Waals surface area contributed by atoms with Gasteiger partial charge in [-0.15, -0.1) is 11.3 Å². The van der Waals surface area contributed by atoms with Crippen molar-refractivity contribution in [2.24, 2.45) is 0 Å². The molecule has 2 rings (SSSR count). The van der Waals surface area contributed by atoms with Crippen molar-refractivity contribution in [3.05, 3.63) is 56.3 Å². The molecule has 1 aromatic carbocycles. The van der Waals surface area contributed by atoms with Crippen molar-refractivity contribution >= 4 is 27.3 Å². The number of aryl methyl sites for hydroxylation is 4. The van der Waals surface area contributed by atoms with Crippen LogP contribution in [0, 0.1) is 27.7 Å². The third-order valence-electron chi connectivity index (χ3n) is 2.85. The fraction of sp³-hybridized carbons (Fsp3) is 0.333.